The van der Waals surface area contributed by atoms with Gasteiger partial charge in [-0.3, -0.25) is 9.69 Å². The summed E-state index contributed by atoms with van der Waals surface area (Å²) in [5.41, 5.74) is 1.22. The largest absolute Gasteiger partial charge is 0.497 e. The Morgan fingerprint density at radius 2 is 2.24 bits per heavy atom. The van der Waals surface area contributed by atoms with E-state index in [1.165, 1.54) is 24.8 Å². The Labute approximate surface area is 151 Å². The predicted octanol–water partition coefficient (Wildman–Crippen LogP) is 2.34. The minimum absolute atomic E-state index is 0.180. The maximum atomic E-state index is 12.3. The number of amides is 1. The highest BCUT2D eigenvalue weighted by molar-refractivity contribution is 5.75. The van der Waals surface area contributed by atoms with Gasteiger partial charge in [0.15, 0.2) is 0 Å². The number of carbonyl (C=O) groups is 1. The Morgan fingerprint density at radius 3 is 2.96 bits per heavy atom. The first-order valence-corrected chi connectivity index (χ1v) is 9.61. The van der Waals surface area contributed by atoms with Crippen molar-refractivity contribution in [3.05, 3.63) is 29.8 Å². The van der Waals surface area contributed by atoms with Crippen molar-refractivity contribution in [1.29, 1.82) is 0 Å². The molecular formula is C20H31N3O2. The van der Waals surface area contributed by atoms with E-state index in [0.717, 1.165) is 38.3 Å². The molecule has 1 amide bonds. The Bertz CT molecular complexity index is 552. The lowest BCUT2D eigenvalue weighted by molar-refractivity contribution is -0.121. The number of rotatable bonds is 8. The third kappa shape index (κ3) is 5.19. The zero-order chi connectivity index (χ0) is 17.5. The molecule has 25 heavy (non-hydrogen) atoms. The van der Waals surface area contributed by atoms with E-state index in [9.17, 15) is 4.79 Å². The molecule has 0 radical (unpaired) electrons. The van der Waals surface area contributed by atoms with E-state index >= 15 is 0 Å². The molecule has 2 aliphatic heterocycles. The van der Waals surface area contributed by atoms with Gasteiger partial charge in [-0.2, -0.15) is 0 Å². The fourth-order valence-electron chi connectivity index (χ4n) is 3.95. The maximum absolute atomic E-state index is 12.3. The van der Waals surface area contributed by atoms with E-state index in [0.29, 0.717) is 18.9 Å². The number of nitrogens with zero attached hydrogens (tertiary/aromatic N) is 1. The van der Waals surface area contributed by atoms with E-state index in [1.54, 1.807) is 7.11 Å². The van der Waals surface area contributed by atoms with Crippen molar-refractivity contribution >= 4 is 5.91 Å². The van der Waals surface area contributed by atoms with Crippen LogP contribution in [0.2, 0.25) is 0 Å². The normalized spacial score (nSPS) is 22.0. The molecule has 3 rings (SSSR count). The fraction of sp³-hybridized carbons (Fsp3) is 0.650. The monoisotopic (exact) mass is 345 g/mol. The molecule has 2 unspecified atom stereocenters. The first-order chi connectivity index (χ1) is 12.3. The zero-order valence-corrected chi connectivity index (χ0v) is 15.3. The number of hydrogen-bond donors (Lipinski definition) is 2. The molecule has 138 valence electrons. The number of benzene rings is 1. The van der Waals surface area contributed by atoms with Crippen molar-refractivity contribution in [2.45, 2.75) is 38.1 Å². The molecule has 1 aromatic carbocycles. The standard InChI is InChI=1S/C20H31N3O2/c1-25-18-6-4-5-17(13-18)19(23-11-2-3-12-23)15-22-20(24)8-7-16-9-10-21-14-16/h4-6,13,16,19,21H,2-3,7-12,14-15H2,1H3,(H,22,24). The Hall–Kier alpha value is -1.59. The molecule has 0 spiro atoms. The van der Waals surface area contributed by atoms with Crippen LogP contribution in [0, 0.1) is 5.92 Å². The summed E-state index contributed by atoms with van der Waals surface area (Å²) < 4.78 is 5.38. The minimum atomic E-state index is 0.180. The first kappa shape index (κ1) is 18.2. The van der Waals surface area contributed by atoms with Crippen LogP contribution in [-0.4, -0.2) is 50.6 Å². The Kier molecular flexibility index (Phi) is 6.70. The van der Waals surface area contributed by atoms with Gasteiger partial charge in [0.25, 0.3) is 0 Å². The lowest BCUT2D eigenvalue weighted by Crippen LogP contribution is -2.36. The summed E-state index contributed by atoms with van der Waals surface area (Å²) in [7, 11) is 1.70. The third-order valence-electron chi connectivity index (χ3n) is 5.49. The van der Waals surface area contributed by atoms with E-state index in [2.05, 4.69) is 27.7 Å². The molecule has 2 heterocycles. The van der Waals surface area contributed by atoms with E-state index < -0.39 is 0 Å². The number of methoxy groups -OCH3 is 1. The van der Waals surface area contributed by atoms with E-state index in [-0.39, 0.29) is 11.9 Å². The first-order valence-electron chi connectivity index (χ1n) is 9.61. The van der Waals surface area contributed by atoms with Crippen molar-refractivity contribution in [3.63, 3.8) is 0 Å². The Morgan fingerprint density at radius 1 is 1.40 bits per heavy atom. The number of carbonyl (C=O) groups excluding carboxylic acids is 1. The van der Waals surface area contributed by atoms with Crippen molar-refractivity contribution in [2.24, 2.45) is 5.92 Å². The average molecular weight is 345 g/mol. The summed E-state index contributed by atoms with van der Waals surface area (Å²) in [5, 5.41) is 6.54. The van der Waals surface area contributed by atoms with Gasteiger partial charge in [-0.05, 0) is 75.5 Å². The van der Waals surface area contributed by atoms with Gasteiger partial charge in [0, 0.05) is 13.0 Å². The number of nitrogens with one attached hydrogen (secondary N) is 2. The fourth-order valence-corrected chi connectivity index (χ4v) is 3.95. The highest BCUT2D eigenvalue weighted by Gasteiger charge is 2.24. The second-order valence-electron chi connectivity index (χ2n) is 7.24. The second kappa shape index (κ2) is 9.20. The molecule has 2 aliphatic rings. The molecule has 1 aromatic rings. The van der Waals surface area contributed by atoms with Crippen molar-refractivity contribution in [3.8, 4) is 5.75 Å². The van der Waals surface area contributed by atoms with Gasteiger partial charge < -0.3 is 15.4 Å². The molecule has 0 saturated carbocycles. The number of ether oxygens (including phenoxy) is 1. The Balaban J connectivity index is 1.56. The van der Waals surface area contributed by atoms with Crippen LogP contribution in [-0.2, 0) is 4.79 Å². The highest BCUT2D eigenvalue weighted by atomic mass is 16.5. The van der Waals surface area contributed by atoms with Gasteiger partial charge in [0.2, 0.25) is 5.91 Å². The average Bonchev–Trinajstić information content (AvgIpc) is 3.34. The van der Waals surface area contributed by atoms with Crippen LogP contribution in [0.4, 0.5) is 0 Å². The van der Waals surface area contributed by atoms with Crippen LogP contribution in [0.1, 0.15) is 43.7 Å². The lowest BCUT2D eigenvalue weighted by Gasteiger charge is -2.28. The summed E-state index contributed by atoms with van der Waals surface area (Å²) in [6, 6.07) is 8.47. The summed E-state index contributed by atoms with van der Waals surface area (Å²) in [5.74, 6) is 1.72. The SMILES string of the molecule is COc1cccc(C(CNC(=O)CCC2CCNC2)N2CCCC2)c1. The lowest BCUT2D eigenvalue weighted by atomic mass is 10.0. The molecule has 5 heteroatoms. The van der Waals surface area contributed by atoms with E-state index in [1.807, 2.05) is 12.1 Å². The molecule has 0 aromatic heterocycles. The van der Waals surface area contributed by atoms with Gasteiger partial charge in [0.1, 0.15) is 5.75 Å². The number of likely N-dealkylation sites (tertiary alicyclic amines) is 1. The van der Waals surface area contributed by atoms with Gasteiger partial charge >= 0.3 is 0 Å². The molecule has 5 nitrogen and oxygen atoms in total. The van der Waals surface area contributed by atoms with Gasteiger partial charge in [-0.1, -0.05) is 12.1 Å². The molecule has 2 N–H and O–H groups in total. The van der Waals surface area contributed by atoms with Crippen molar-refractivity contribution in [2.75, 3.05) is 39.8 Å². The minimum Gasteiger partial charge on any atom is -0.497 e. The molecule has 0 aliphatic carbocycles. The molecule has 0 bridgehead atoms. The summed E-state index contributed by atoms with van der Waals surface area (Å²) in [4.78, 5) is 14.8. The molecule has 2 saturated heterocycles. The molecule has 2 atom stereocenters. The van der Waals surface area contributed by atoms with Crippen LogP contribution in [0.5, 0.6) is 5.75 Å². The molecular weight excluding hydrogens is 314 g/mol. The van der Waals surface area contributed by atoms with Crippen molar-refractivity contribution in [1.82, 2.24) is 15.5 Å². The summed E-state index contributed by atoms with van der Waals surface area (Å²) in [6.07, 6.45) is 5.31. The summed E-state index contributed by atoms with van der Waals surface area (Å²) in [6.45, 7) is 5.04. The van der Waals surface area contributed by atoms with E-state index in [4.69, 9.17) is 4.74 Å². The van der Waals surface area contributed by atoms with Crippen LogP contribution >= 0.6 is 0 Å². The smallest absolute Gasteiger partial charge is 0.220 e. The zero-order valence-electron chi connectivity index (χ0n) is 15.3. The predicted molar refractivity (Wildman–Crippen MR) is 99.8 cm³/mol. The van der Waals surface area contributed by atoms with Crippen LogP contribution in [0.25, 0.3) is 0 Å². The number of hydrogen-bond acceptors (Lipinski definition) is 4. The van der Waals surface area contributed by atoms with Crippen LogP contribution < -0.4 is 15.4 Å². The van der Waals surface area contributed by atoms with Gasteiger partial charge in [-0.15, -0.1) is 0 Å². The third-order valence-corrected chi connectivity index (χ3v) is 5.49. The van der Waals surface area contributed by atoms with Gasteiger partial charge in [0.05, 0.1) is 13.2 Å². The maximum Gasteiger partial charge on any atom is 0.220 e. The van der Waals surface area contributed by atoms with Crippen LogP contribution in [0.3, 0.4) is 0 Å². The summed E-state index contributed by atoms with van der Waals surface area (Å²) >= 11 is 0. The van der Waals surface area contributed by atoms with Gasteiger partial charge in [-0.25, -0.2) is 0 Å². The highest BCUT2D eigenvalue weighted by Crippen LogP contribution is 2.27. The topological polar surface area (TPSA) is 53.6 Å². The quantitative estimate of drug-likeness (QED) is 0.759. The van der Waals surface area contributed by atoms with Crippen LogP contribution in [0.15, 0.2) is 24.3 Å². The van der Waals surface area contributed by atoms with Crippen molar-refractivity contribution < 1.29 is 9.53 Å². The molecule has 2 fully saturated rings. The second-order valence-corrected chi connectivity index (χ2v) is 7.24.